The Labute approximate surface area is 59.4 Å². The second-order valence-corrected chi connectivity index (χ2v) is 1.76. The van der Waals surface area contributed by atoms with Crippen LogP contribution >= 0.6 is 0 Å². The average molecular weight is 129 g/mol. The fourth-order valence-electron chi connectivity index (χ4n) is 0.596. The third-order valence-corrected chi connectivity index (χ3v) is 1.11. The highest BCUT2D eigenvalue weighted by atomic mass is 14.6. The summed E-state index contributed by atoms with van der Waals surface area (Å²) in [5.41, 5.74) is 0.944. The minimum absolute atomic E-state index is 0.224. The molecular weight excluding hydrogens is 124 g/mol. The number of nitrogens with zero attached hydrogens (tertiary/aromatic N) is 2. The van der Waals surface area contributed by atoms with Gasteiger partial charge < -0.3 is 0 Å². The van der Waals surface area contributed by atoms with Crippen molar-refractivity contribution in [3.05, 3.63) is 36.7 Å². The Morgan fingerprint density at radius 3 is 2.60 bits per heavy atom. The van der Waals surface area contributed by atoms with E-state index in [-0.39, 0.29) is 5.57 Å². The second kappa shape index (κ2) is 2.79. The van der Waals surface area contributed by atoms with Crippen LogP contribution in [0.4, 0.5) is 0 Å². The van der Waals surface area contributed by atoms with E-state index in [1.54, 1.807) is 24.5 Å². The summed E-state index contributed by atoms with van der Waals surface area (Å²) in [5.74, 6) is 0. The number of pyridine rings is 1. The Morgan fingerprint density at radius 1 is 1.50 bits per heavy atom. The van der Waals surface area contributed by atoms with Gasteiger partial charge in [-0.1, -0.05) is 0 Å². The summed E-state index contributed by atoms with van der Waals surface area (Å²) in [4.78, 5) is 3.78. The topological polar surface area (TPSA) is 36.7 Å². The standard InChI is InChI=1S/C8H5N2/c1-7(6-9)8-2-4-10-5-3-8/h1-5H. The van der Waals surface area contributed by atoms with Crippen molar-refractivity contribution < 1.29 is 0 Å². The first-order valence-corrected chi connectivity index (χ1v) is 2.77. The number of aromatic nitrogens is 1. The Bertz CT molecular complexity index is 269. The van der Waals surface area contributed by atoms with E-state index in [1.165, 1.54) is 0 Å². The lowest BCUT2D eigenvalue weighted by Crippen LogP contribution is -1.78. The summed E-state index contributed by atoms with van der Waals surface area (Å²) in [6.45, 7) is 5.32. The van der Waals surface area contributed by atoms with E-state index in [0.717, 1.165) is 5.56 Å². The van der Waals surface area contributed by atoms with Gasteiger partial charge in [-0.05, 0) is 24.3 Å². The molecule has 0 atom stereocenters. The predicted molar refractivity (Wildman–Crippen MR) is 37.6 cm³/mol. The average Bonchev–Trinajstić information content (AvgIpc) is 2.05. The minimum Gasteiger partial charge on any atom is -0.265 e. The van der Waals surface area contributed by atoms with Gasteiger partial charge in [-0.15, -0.1) is 0 Å². The lowest BCUT2D eigenvalue weighted by atomic mass is 10.1. The van der Waals surface area contributed by atoms with Crippen LogP contribution in [0.1, 0.15) is 5.56 Å². The van der Waals surface area contributed by atoms with Crippen molar-refractivity contribution in [2.24, 2.45) is 0 Å². The maximum absolute atomic E-state index is 8.36. The smallest absolute Gasteiger partial charge is 0.0997 e. The Balaban J connectivity index is 2.99. The normalized spacial score (nSPS) is 8.30. The molecule has 1 aromatic heterocycles. The highest BCUT2D eigenvalue weighted by molar-refractivity contribution is 5.72. The van der Waals surface area contributed by atoms with Crippen LogP contribution in [0.3, 0.4) is 0 Å². The van der Waals surface area contributed by atoms with Gasteiger partial charge in [-0.25, -0.2) is 0 Å². The molecule has 0 fully saturated rings. The number of allylic oxidation sites excluding steroid dienone is 1. The van der Waals surface area contributed by atoms with Gasteiger partial charge in [0.05, 0.1) is 11.6 Å². The highest BCUT2D eigenvalue weighted by Crippen LogP contribution is 2.07. The number of rotatable bonds is 1. The molecule has 10 heavy (non-hydrogen) atoms. The highest BCUT2D eigenvalue weighted by Gasteiger charge is 1.92. The molecule has 0 amide bonds. The summed E-state index contributed by atoms with van der Waals surface area (Å²) in [7, 11) is 0. The molecule has 1 aromatic rings. The van der Waals surface area contributed by atoms with Crippen LogP contribution in [0.5, 0.6) is 0 Å². The molecular formula is C8H5N2. The number of hydrogen-bond donors (Lipinski definition) is 0. The van der Waals surface area contributed by atoms with Gasteiger partial charge >= 0.3 is 0 Å². The third kappa shape index (κ3) is 1.20. The maximum atomic E-state index is 8.36. The van der Waals surface area contributed by atoms with Crippen LogP contribution in [0.25, 0.3) is 5.57 Å². The SMILES string of the molecule is [CH]=C(C#N)c1ccncc1. The molecule has 0 unspecified atom stereocenters. The first kappa shape index (κ1) is 6.50. The molecule has 47 valence electrons. The molecule has 1 radical (unpaired) electrons. The molecule has 2 nitrogen and oxygen atoms in total. The van der Waals surface area contributed by atoms with Gasteiger partial charge in [-0.3, -0.25) is 4.98 Å². The summed E-state index contributed by atoms with van der Waals surface area (Å²) >= 11 is 0. The Kier molecular flexibility index (Phi) is 1.81. The zero-order valence-electron chi connectivity index (χ0n) is 5.28. The van der Waals surface area contributed by atoms with Crippen molar-refractivity contribution in [3.8, 4) is 6.07 Å². The summed E-state index contributed by atoms with van der Waals surface area (Å²) in [6.07, 6.45) is 3.19. The lowest BCUT2D eigenvalue weighted by molar-refractivity contribution is 1.32. The summed E-state index contributed by atoms with van der Waals surface area (Å²) in [6, 6.07) is 5.23. The third-order valence-electron chi connectivity index (χ3n) is 1.11. The molecule has 0 spiro atoms. The number of hydrogen-bond acceptors (Lipinski definition) is 2. The minimum atomic E-state index is 0.224. The molecule has 2 heteroatoms. The van der Waals surface area contributed by atoms with Crippen LogP contribution in [0.2, 0.25) is 0 Å². The Morgan fingerprint density at radius 2 is 2.10 bits per heavy atom. The van der Waals surface area contributed by atoms with Crippen molar-refractivity contribution in [2.75, 3.05) is 0 Å². The van der Waals surface area contributed by atoms with Crippen LogP contribution in [-0.4, -0.2) is 4.98 Å². The molecule has 0 aliphatic rings. The van der Waals surface area contributed by atoms with Gasteiger partial charge in [-0.2, -0.15) is 5.26 Å². The molecule has 0 saturated heterocycles. The van der Waals surface area contributed by atoms with Crippen molar-refractivity contribution >= 4 is 5.57 Å². The fourth-order valence-corrected chi connectivity index (χ4v) is 0.596. The fraction of sp³-hybridized carbons (Fsp3) is 0. The van der Waals surface area contributed by atoms with E-state index in [0.29, 0.717) is 0 Å². The first-order chi connectivity index (χ1) is 4.84. The van der Waals surface area contributed by atoms with Gasteiger partial charge in [0.15, 0.2) is 0 Å². The largest absolute Gasteiger partial charge is 0.265 e. The lowest BCUT2D eigenvalue weighted by Gasteiger charge is -1.91. The molecule has 0 aliphatic heterocycles. The quantitative estimate of drug-likeness (QED) is 0.537. The number of nitriles is 1. The van der Waals surface area contributed by atoms with Gasteiger partial charge in [0.25, 0.3) is 0 Å². The molecule has 0 saturated carbocycles. The summed E-state index contributed by atoms with van der Waals surface area (Å²) in [5, 5.41) is 8.36. The molecule has 0 aromatic carbocycles. The van der Waals surface area contributed by atoms with Gasteiger partial charge in [0, 0.05) is 12.4 Å². The van der Waals surface area contributed by atoms with Crippen molar-refractivity contribution in [3.63, 3.8) is 0 Å². The van der Waals surface area contributed by atoms with E-state index in [9.17, 15) is 0 Å². The van der Waals surface area contributed by atoms with Gasteiger partial charge in [0.1, 0.15) is 0 Å². The zero-order chi connectivity index (χ0) is 7.40. The van der Waals surface area contributed by atoms with Crippen LogP contribution in [-0.2, 0) is 0 Å². The Hall–Kier alpha value is -1.62. The van der Waals surface area contributed by atoms with Crippen LogP contribution in [0.15, 0.2) is 24.5 Å². The monoisotopic (exact) mass is 129 g/mol. The molecule has 0 aliphatic carbocycles. The van der Waals surface area contributed by atoms with E-state index in [1.807, 2.05) is 6.07 Å². The van der Waals surface area contributed by atoms with Crippen molar-refractivity contribution in [1.82, 2.24) is 4.98 Å². The first-order valence-electron chi connectivity index (χ1n) is 2.77. The predicted octanol–water partition coefficient (Wildman–Crippen LogP) is 1.42. The maximum Gasteiger partial charge on any atom is 0.0997 e. The molecule has 1 rings (SSSR count). The van der Waals surface area contributed by atoms with E-state index < -0.39 is 0 Å². The van der Waals surface area contributed by atoms with E-state index in [2.05, 4.69) is 4.98 Å². The summed E-state index contributed by atoms with van der Waals surface area (Å²) < 4.78 is 0. The molecule has 1 heterocycles. The van der Waals surface area contributed by atoms with E-state index >= 15 is 0 Å². The zero-order valence-corrected chi connectivity index (χ0v) is 5.28. The van der Waals surface area contributed by atoms with Gasteiger partial charge in [0.2, 0.25) is 0 Å². The van der Waals surface area contributed by atoms with E-state index in [4.69, 9.17) is 11.8 Å². The van der Waals surface area contributed by atoms with Crippen LogP contribution in [0, 0.1) is 17.9 Å². The van der Waals surface area contributed by atoms with Crippen LogP contribution < -0.4 is 0 Å². The second-order valence-electron chi connectivity index (χ2n) is 1.76. The van der Waals surface area contributed by atoms with Crippen molar-refractivity contribution in [1.29, 1.82) is 5.26 Å². The van der Waals surface area contributed by atoms with Crippen molar-refractivity contribution in [2.45, 2.75) is 0 Å². The molecule has 0 N–H and O–H groups in total. The molecule has 0 bridgehead atoms.